The van der Waals surface area contributed by atoms with Crippen molar-refractivity contribution in [2.24, 2.45) is 0 Å². The van der Waals surface area contributed by atoms with Crippen molar-refractivity contribution >= 4 is 11.5 Å². The summed E-state index contributed by atoms with van der Waals surface area (Å²) in [4.78, 5) is 16.3. The van der Waals surface area contributed by atoms with Crippen LogP contribution in [0.2, 0.25) is 0 Å². The number of aromatic nitrogens is 3. The fourth-order valence-corrected chi connectivity index (χ4v) is 3.47. The van der Waals surface area contributed by atoms with Crippen molar-refractivity contribution in [3.63, 3.8) is 0 Å². The minimum absolute atomic E-state index is 0.469. The molecule has 0 saturated heterocycles. The van der Waals surface area contributed by atoms with Gasteiger partial charge in [-0.1, -0.05) is 26.0 Å². The van der Waals surface area contributed by atoms with Crippen LogP contribution in [0, 0.1) is 0 Å². The fraction of sp³-hybridized carbons (Fsp3) is 0.348. The monoisotopic (exact) mass is 373 g/mol. The van der Waals surface area contributed by atoms with E-state index >= 15 is 0 Å². The standard InChI is InChI=1S/C23H27N5/c1-15(2)17-5-7-19(8-6-17)25-23-20-13-28(16(3)4)14-21(20)26-22(27-23)18-9-11-24-12-10-18/h5-12,15-16H,13-14H2,1-4H3,(H,25,26,27). The summed E-state index contributed by atoms with van der Waals surface area (Å²) in [5.41, 5.74) is 5.67. The third-order valence-corrected chi connectivity index (χ3v) is 5.32. The summed E-state index contributed by atoms with van der Waals surface area (Å²) in [7, 11) is 0. The molecule has 1 aromatic carbocycles. The Labute approximate surface area is 166 Å². The predicted octanol–water partition coefficient (Wildman–Crippen LogP) is 5.13. The van der Waals surface area contributed by atoms with E-state index in [1.165, 1.54) is 11.1 Å². The summed E-state index contributed by atoms with van der Waals surface area (Å²) in [6.45, 7) is 10.6. The second kappa shape index (κ2) is 7.68. The molecule has 3 aromatic rings. The third-order valence-electron chi connectivity index (χ3n) is 5.32. The molecule has 0 aliphatic carbocycles. The molecule has 5 nitrogen and oxygen atoms in total. The molecule has 0 unspecified atom stereocenters. The van der Waals surface area contributed by atoms with Crippen LogP contribution in [0.3, 0.4) is 0 Å². The molecule has 144 valence electrons. The molecule has 1 aliphatic heterocycles. The van der Waals surface area contributed by atoms with Gasteiger partial charge in [0.15, 0.2) is 5.82 Å². The van der Waals surface area contributed by atoms with Crippen molar-refractivity contribution in [3.05, 3.63) is 65.6 Å². The van der Waals surface area contributed by atoms with Gasteiger partial charge < -0.3 is 5.32 Å². The quantitative estimate of drug-likeness (QED) is 0.672. The molecule has 1 aliphatic rings. The van der Waals surface area contributed by atoms with Gasteiger partial charge in [0.1, 0.15) is 5.82 Å². The highest BCUT2D eigenvalue weighted by Gasteiger charge is 2.27. The van der Waals surface area contributed by atoms with Crippen LogP contribution in [0.25, 0.3) is 11.4 Å². The van der Waals surface area contributed by atoms with Crippen LogP contribution < -0.4 is 5.32 Å². The van der Waals surface area contributed by atoms with Crippen LogP contribution in [-0.4, -0.2) is 25.9 Å². The lowest BCUT2D eigenvalue weighted by atomic mass is 10.0. The van der Waals surface area contributed by atoms with E-state index in [0.29, 0.717) is 12.0 Å². The summed E-state index contributed by atoms with van der Waals surface area (Å²) in [6, 6.07) is 13.0. The number of rotatable bonds is 5. The van der Waals surface area contributed by atoms with Crippen molar-refractivity contribution in [1.29, 1.82) is 0 Å². The number of pyridine rings is 1. The predicted molar refractivity (Wildman–Crippen MR) is 113 cm³/mol. The van der Waals surface area contributed by atoms with Gasteiger partial charge in [-0.05, 0) is 49.6 Å². The molecule has 0 atom stereocenters. The van der Waals surface area contributed by atoms with Crippen LogP contribution >= 0.6 is 0 Å². The number of hydrogen-bond acceptors (Lipinski definition) is 5. The zero-order chi connectivity index (χ0) is 19.7. The van der Waals surface area contributed by atoms with Gasteiger partial charge in [0, 0.05) is 48.3 Å². The van der Waals surface area contributed by atoms with Gasteiger partial charge in [0.25, 0.3) is 0 Å². The van der Waals surface area contributed by atoms with E-state index in [-0.39, 0.29) is 0 Å². The Balaban J connectivity index is 1.72. The molecule has 5 heteroatoms. The Morgan fingerprint density at radius 2 is 1.61 bits per heavy atom. The average Bonchev–Trinajstić information content (AvgIpc) is 3.14. The molecular formula is C23H27N5. The molecular weight excluding hydrogens is 346 g/mol. The van der Waals surface area contributed by atoms with E-state index in [1.807, 2.05) is 12.1 Å². The Morgan fingerprint density at radius 1 is 0.893 bits per heavy atom. The maximum atomic E-state index is 4.88. The largest absolute Gasteiger partial charge is 0.340 e. The van der Waals surface area contributed by atoms with E-state index < -0.39 is 0 Å². The maximum absolute atomic E-state index is 4.88. The highest BCUT2D eigenvalue weighted by molar-refractivity contribution is 5.65. The zero-order valence-corrected chi connectivity index (χ0v) is 17.0. The third kappa shape index (κ3) is 3.76. The van der Waals surface area contributed by atoms with Crippen molar-refractivity contribution in [2.75, 3.05) is 5.32 Å². The number of benzene rings is 1. The minimum atomic E-state index is 0.469. The van der Waals surface area contributed by atoms with E-state index in [1.54, 1.807) is 12.4 Å². The molecule has 0 fully saturated rings. The van der Waals surface area contributed by atoms with E-state index in [2.05, 4.69) is 67.2 Å². The van der Waals surface area contributed by atoms with Crippen molar-refractivity contribution in [2.45, 2.75) is 52.7 Å². The molecule has 1 N–H and O–H groups in total. The summed E-state index contributed by atoms with van der Waals surface area (Å²) in [6.07, 6.45) is 3.56. The topological polar surface area (TPSA) is 53.9 Å². The van der Waals surface area contributed by atoms with Gasteiger partial charge in [0.2, 0.25) is 0 Å². The summed E-state index contributed by atoms with van der Waals surface area (Å²) >= 11 is 0. The first-order valence-corrected chi connectivity index (χ1v) is 9.92. The fourth-order valence-electron chi connectivity index (χ4n) is 3.47. The van der Waals surface area contributed by atoms with Crippen molar-refractivity contribution in [3.8, 4) is 11.4 Å². The van der Waals surface area contributed by atoms with Gasteiger partial charge in [0.05, 0.1) is 5.69 Å². The molecule has 4 rings (SSSR count). The van der Waals surface area contributed by atoms with Crippen LogP contribution in [0.1, 0.15) is 50.4 Å². The molecule has 0 radical (unpaired) electrons. The lowest BCUT2D eigenvalue weighted by molar-refractivity contribution is 0.226. The minimum Gasteiger partial charge on any atom is -0.340 e. The molecule has 0 saturated carbocycles. The highest BCUT2D eigenvalue weighted by Crippen LogP contribution is 2.32. The van der Waals surface area contributed by atoms with Crippen molar-refractivity contribution < 1.29 is 0 Å². The molecule has 0 bridgehead atoms. The first-order valence-electron chi connectivity index (χ1n) is 9.92. The van der Waals surface area contributed by atoms with Gasteiger partial charge in [-0.2, -0.15) is 0 Å². The number of nitrogens with zero attached hydrogens (tertiary/aromatic N) is 4. The van der Waals surface area contributed by atoms with E-state index in [4.69, 9.17) is 9.97 Å². The van der Waals surface area contributed by atoms with Crippen LogP contribution in [-0.2, 0) is 13.1 Å². The second-order valence-electron chi connectivity index (χ2n) is 7.96. The summed E-state index contributed by atoms with van der Waals surface area (Å²) < 4.78 is 0. The lowest BCUT2D eigenvalue weighted by Crippen LogP contribution is -2.24. The van der Waals surface area contributed by atoms with Gasteiger partial charge in [-0.15, -0.1) is 0 Å². The number of fused-ring (bicyclic) bond motifs is 1. The molecule has 2 aromatic heterocycles. The van der Waals surface area contributed by atoms with Gasteiger partial charge in [-0.3, -0.25) is 9.88 Å². The molecule has 0 spiro atoms. The Kier molecular flexibility index (Phi) is 5.09. The number of nitrogens with one attached hydrogen (secondary N) is 1. The summed E-state index contributed by atoms with van der Waals surface area (Å²) in [5, 5.41) is 3.55. The first kappa shape index (κ1) is 18.6. The van der Waals surface area contributed by atoms with Crippen LogP contribution in [0.15, 0.2) is 48.8 Å². The Bertz CT molecular complexity index is 949. The maximum Gasteiger partial charge on any atom is 0.161 e. The lowest BCUT2D eigenvalue weighted by Gasteiger charge is -2.18. The molecule has 0 amide bonds. The van der Waals surface area contributed by atoms with Crippen LogP contribution in [0.5, 0.6) is 0 Å². The van der Waals surface area contributed by atoms with Gasteiger partial charge in [-0.25, -0.2) is 9.97 Å². The van der Waals surface area contributed by atoms with E-state index in [9.17, 15) is 0 Å². The number of hydrogen-bond donors (Lipinski definition) is 1. The van der Waals surface area contributed by atoms with Crippen molar-refractivity contribution in [1.82, 2.24) is 19.9 Å². The normalized spacial score (nSPS) is 13.9. The number of anilines is 2. The molecule has 3 heterocycles. The smallest absolute Gasteiger partial charge is 0.161 e. The van der Waals surface area contributed by atoms with Gasteiger partial charge >= 0.3 is 0 Å². The Hall–Kier alpha value is -2.79. The first-order chi connectivity index (χ1) is 13.5. The Morgan fingerprint density at radius 3 is 2.25 bits per heavy atom. The summed E-state index contributed by atoms with van der Waals surface area (Å²) in [5.74, 6) is 2.17. The highest BCUT2D eigenvalue weighted by atomic mass is 15.2. The van der Waals surface area contributed by atoms with E-state index in [0.717, 1.165) is 41.7 Å². The molecule has 28 heavy (non-hydrogen) atoms. The second-order valence-corrected chi connectivity index (χ2v) is 7.96. The zero-order valence-electron chi connectivity index (χ0n) is 17.0. The average molecular weight is 374 g/mol. The van der Waals surface area contributed by atoms with Crippen LogP contribution in [0.4, 0.5) is 11.5 Å². The SMILES string of the molecule is CC(C)c1ccc(Nc2nc(-c3ccncc3)nc3c2CN(C(C)C)C3)cc1.